The van der Waals surface area contributed by atoms with E-state index in [1.165, 1.54) is 25.0 Å². The number of aromatic nitrogens is 6. The van der Waals surface area contributed by atoms with Gasteiger partial charge in [-0.15, -0.1) is 0 Å². The van der Waals surface area contributed by atoms with Crippen LogP contribution in [0.25, 0.3) is 33.1 Å². The fraction of sp³-hybridized carbons (Fsp3) is 0.366. The zero-order chi connectivity index (χ0) is 75.1. The van der Waals surface area contributed by atoms with Crippen molar-refractivity contribution in [1.29, 1.82) is 0 Å². The number of para-hydroxylation sites is 6. The van der Waals surface area contributed by atoms with Gasteiger partial charge in [0, 0.05) is 26.2 Å². The number of hydrogen-bond acceptors (Lipinski definition) is 21. The van der Waals surface area contributed by atoms with Gasteiger partial charge in [0.1, 0.15) is 36.2 Å². The standard InChI is InChI=1S/C22H25F2N3O6.2C13H9ClF2N2O3.C13H13N.C6H10O3.C4H8O.Na/c1-21(2,3)33-20(31)27-12-13(11-16(27)19(29)30)32-18-17(22(23,24)9-6-10-28)25-14-7-4-5-8-15(14)26-18;14-11-10(17-8-3-1-2-4-9(8)18-11)13(15,16)5-7-6-20-12(19)21-7;14-11-10(13(15,16)6-3-7-21-12(19)20)17-8-4-1-2-5-9(8)18-11;14-13(11-7-3-1-4-8-11)12-9-5-2-6-10-12;7-5-2-1-4(3-5)6(8)9;1-2-4-5-3-1;/h4-9,13,16,28H,10-12H2,1-3H3,(H,29,30);1-4,7H,5-6H2;1-6H,7H2,(H,19,20);1-10,13H,14H2;4-5,7H,1-3H2,(H,8,9);1-4H2;/q;;;;;;+1/p-1/b9-6+;;6-3+;;;;/t13-,16+;;;;4-,5-;;/m1...0../s1. The fourth-order valence-electron chi connectivity index (χ4n) is 10.2. The Hall–Kier alpha value is -8.85. The third-order valence-electron chi connectivity index (χ3n) is 15.1. The molecule has 5 atom stereocenters. The van der Waals surface area contributed by atoms with Gasteiger partial charge in [0.25, 0.3) is 12.1 Å². The van der Waals surface area contributed by atoms with Crippen LogP contribution in [0.1, 0.15) is 100.0 Å². The summed E-state index contributed by atoms with van der Waals surface area (Å²) in [7, 11) is 0. The van der Waals surface area contributed by atoms with Crippen LogP contribution in [0, 0.1) is 5.92 Å². The average molecular weight is 1500 g/mol. The largest absolute Gasteiger partial charge is 1.00 e. The van der Waals surface area contributed by atoms with Gasteiger partial charge in [0.05, 0.1) is 70.7 Å². The molecule has 3 saturated heterocycles. The van der Waals surface area contributed by atoms with E-state index in [9.17, 15) is 60.5 Å². The predicted molar refractivity (Wildman–Crippen MR) is 361 cm³/mol. The second-order valence-corrected chi connectivity index (χ2v) is 24.9. The molecule has 0 bridgehead atoms. The van der Waals surface area contributed by atoms with Crippen molar-refractivity contribution in [2.75, 3.05) is 39.6 Å². The number of fused-ring (bicyclic) bond motifs is 3. The number of ether oxygens (including phenoxy) is 6. The minimum Gasteiger partial charge on any atom is -0.546 e. The van der Waals surface area contributed by atoms with Crippen molar-refractivity contribution in [3.8, 4) is 5.88 Å². The second kappa shape index (κ2) is 39.3. The molecule has 6 N–H and O–H groups in total. The zero-order valence-electron chi connectivity index (χ0n) is 56.6. The first-order valence-corrected chi connectivity index (χ1v) is 32.7. The molecule has 0 spiro atoms. The monoisotopic (exact) mass is 1500 g/mol. The number of cyclic esters (lactones) is 2. The first-order valence-electron chi connectivity index (χ1n) is 32.0. The molecule has 3 aromatic heterocycles. The van der Waals surface area contributed by atoms with Crippen molar-refractivity contribution in [3.05, 3.63) is 196 Å². The molecule has 24 nitrogen and oxygen atoms in total. The van der Waals surface area contributed by atoms with Crippen LogP contribution in [-0.2, 0) is 51.0 Å². The van der Waals surface area contributed by atoms with Gasteiger partial charge < -0.3 is 64.5 Å². The van der Waals surface area contributed by atoms with Gasteiger partial charge >= 0.3 is 65.6 Å². The first kappa shape index (κ1) is 84.1. The van der Waals surface area contributed by atoms with Crippen LogP contribution < -0.4 is 45.1 Å². The van der Waals surface area contributed by atoms with Crippen LogP contribution in [0.15, 0.2) is 158 Å². The number of carbonyl (C=O) groups excluding carboxylic acids is 3. The smallest absolute Gasteiger partial charge is 0.546 e. The van der Waals surface area contributed by atoms with Crippen molar-refractivity contribution in [2.24, 2.45) is 11.7 Å². The number of rotatable bonds is 16. The molecule has 5 aromatic carbocycles. The molecule has 1 saturated carbocycles. The van der Waals surface area contributed by atoms with Crippen LogP contribution in [0.2, 0.25) is 10.3 Å². The number of allylic oxidation sites excluding steroid dienone is 2. The van der Waals surface area contributed by atoms with Crippen molar-refractivity contribution in [3.63, 3.8) is 0 Å². The number of hydrogen-bond donors (Lipinski definition) is 5. The number of aliphatic hydroxyl groups excluding tert-OH is 2. The Morgan fingerprint density at radius 2 is 1.14 bits per heavy atom. The summed E-state index contributed by atoms with van der Waals surface area (Å²) in [6.07, 6.45) is 0.0770. The number of likely N-dealkylation sites (tertiary alicyclic amines) is 1. The molecule has 3 aliphatic heterocycles. The predicted octanol–water partition coefficient (Wildman–Crippen LogP) is 9.47. The summed E-state index contributed by atoms with van der Waals surface area (Å²) in [6.45, 7) is 5.36. The van der Waals surface area contributed by atoms with Crippen molar-refractivity contribution in [1.82, 2.24) is 34.8 Å². The van der Waals surface area contributed by atoms with Gasteiger partial charge in [0.15, 0.2) is 21.7 Å². The van der Waals surface area contributed by atoms with Crippen LogP contribution in [0.5, 0.6) is 5.88 Å². The molecule has 4 fully saturated rings. The molecule has 550 valence electrons. The van der Waals surface area contributed by atoms with Crippen LogP contribution in [0.4, 0.5) is 40.7 Å². The van der Waals surface area contributed by atoms with Crippen LogP contribution >= 0.6 is 23.2 Å². The molecule has 0 radical (unpaired) electrons. The number of halogens is 8. The molecule has 12 rings (SSSR count). The van der Waals surface area contributed by atoms with E-state index in [4.69, 9.17) is 58.5 Å². The molecule has 33 heteroatoms. The maximum Gasteiger partial charge on any atom is 1.00 e. The number of nitrogens with two attached hydrogens (primary N) is 1. The number of carboxylic acid groups (broad SMARTS) is 3. The van der Waals surface area contributed by atoms with E-state index < -0.39 is 120 Å². The number of alkyl halides is 6. The van der Waals surface area contributed by atoms with Gasteiger partial charge in [-0.3, -0.25) is 9.69 Å². The fourth-order valence-corrected chi connectivity index (χ4v) is 10.7. The van der Waals surface area contributed by atoms with Crippen molar-refractivity contribution >= 4 is 86.6 Å². The third-order valence-corrected chi connectivity index (χ3v) is 15.6. The summed E-state index contributed by atoms with van der Waals surface area (Å²) in [5.41, 5.74) is 7.36. The maximum atomic E-state index is 14.8. The summed E-state index contributed by atoms with van der Waals surface area (Å²) in [5, 5.41) is 45.0. The summed E-state index contributed by atoms with van der Waals surface area (Å²) in [6, 6.07) is 38.4. The van der Waals surface area contributed by atoms with Gasteiger partial charge in [-0.25, -0.2) is 44.3 Å². The van der Waals surface area contributed by atoms with E-state index in [1.807, 2.05) is 36.4 Å². The van der Waals surface area contributed by atoms with Crippen molar-refractivity contribution in [2.45, 2.75) is 119 Å². The first-order chi connectivity index (χ1) is 48.8. The molecule has 8 aromatic rings. The number of amides is 1. The average Bonchev–Trinajstić information content (AvgIpc) is 1.24. The minimum atomic E-state index is -3.62. The Balaban J connectivity index is 0.000000210. The van der Waals surface area contributed by atoms with Crippen LogP contribution in [0.3, 0.4) is 0 Å². The van der Waals surface area contributed by atoms with Gasteiger partial charge in [-0.05, 0) is 113 Å². The molecule has 104 heavy (non-hydrogen) atoms. The SMILES string of the molecule is C1CCOC1.CC(C)(C)OC(=O)N1C[C@H](Oc2nc3ccccc3nc2C(F)(F)/C=C/CO)C[C@H]1C(=O)O.NC(c1ccccc1)c1ccccc1.O=C(O)[C@H]1CC[C@H](O)C1.O=C([O-])OC/C=C/C(F)(F)c1nc2ccccc2nc1Cl.O=C1OCC(CC(F)(F)c2nc3ccccc3nc2Cl)O1.[Na+]. The summed E-state index contributed by atoms with van der Waals surface area (Å²) < 4.78 is 115. The number of carboxylic acids is 2. The number of benzene rings is 5. The second-order valence-electron chi connectivity index (χ2n) is 24.2. The quantitative estimate of drug-likeness (QED) is 0.0197. The zero-order valence-corrected chi connectivity index (χ0v) is 60.1. The number of carbonyl (C=O) groups is 5. The van der Waals surface area contributed by atoms with Gasteiger partial charge in [-0.2, -0.15) is 26.3 Å². The minimum absolute atomic E-state index is 0. The molecule has 4 aliphatic rings. The molecular weight excluding hydrogens is 1430 g/mol. The summed E-state index contributed by atoms with van der Waals surface area (Å²) in [5.74, 6) is -13.3. The summed E-state index contributed by atoms with van der Waals surface area (Å²) >= 11 is 11.5. The number of aliphatic carboxylic acids is 2. The molecule has 1 aliphatic carbocycles. The Labute approximate surface area is 624 Å². The topological polar surface area (TPSA) is 351 Å². The normalized spacial score (nSPS) is 17.9. The van der Waals surface area contributed by atoms with E-state index in [1.54, 1.807) is 81.4 Å². The van der Waals surface area contributed by atoms with E-state index in [2.05, 4.69) is 68.4 Å². The Bertz CT molecular complexity index is 4190. The molecular formula is C71H73Cl2F6N8NaO16. The number of nitrogens with zero attached hydrogens (tertiary/aromatic N) is 7. The van der Waals surface area contributed by atoms with E-state index >= 15 is 0 Å². The maximum absolute atomic E-state index is 14.8. The Morgan fingerprint density at radius 3 is 1.58 bits per heavy atom. The molecule has 6 heterocycles. The summed E-state index contributed by atoms with van der Waals surface area (Å²) in [4.78, 5) is 79.8. The number of aliphatic hydroxyl groups is 2. The molecule has 1 unspecified atom stereocenters. The van der Waals surface area contributed by atoms with E-state index in [0.29, 0.717) is 53.5 Å². The van der Waals surface area contributed by atoms with Crippen molar-refractivity contribution < 1.29 is 134 Å². The third kappa shape index (κ3) is 25.5. The Kier molecular flexibility index (Phi) is 31.8. The Morgan fingerprint density at radius 1 is 0.673 bits per heavy atom. The van der Waals surface area contributed by atoms with E-state index in [-0.39, 0.29) is 83.4 Å². The molecule has 1 amide bonds. The van der Waals surface area contributed by atoms with Gasteiger partial charge in [-0.1, -0.05) is 132 Å². The van der Waals surface area contributed by atoms with Gasteiger partial charge in [0.2, 0.25) is 5.88 Å². The van der Waals surface area contributed by atoms with E-state index in [0.717, 1.165) is 41.4 Å². The van der Waals surface area contributed by atoms with Crippen LogP contribution in [-0.4, -0.2) is 155 Å².